The first kappa shape index (κ1) is 13.7. The Morgan fingerprint density at radius 3 is 2.89 bits per heavy atom. The zero-order valence-electron chi connectivity index (χ0n) is 10.7. The van der Waals surface area contributed by atoms with Gasteiger partial charge in [-0.25, -0.2) is 0 Å². The Morgan fingerprint density at radius 1 is 1.58 bits per heavy atom. The van der Waals surface area contributed by atoms with Crippen molar-refractivity contribution >= 4 is 23.2 Å². The van der Waals surface area contributed by atoms with Crippen molar-refractivity contribution in [2.45, 2.75) is 25.3 Å². The number of anilines is 1. The van der Waals surface area contributed by atoms with Gasteiger partial charge in [0.1, 0.15) is 5.54 Å². The second-order valence-electron chi connectivity index (χ2n) is 5.00. The molecule has 0 bridgehead atoms. The lowest BCUT2D eigenvalue weighted by Crippen LogP contribution is -2.48. The molecule has 5 heteroatoms. The largest absolute Gasteiger partial charge is 0.376 e. The summed E-state index contributed by atoms with van der Waals surface area (Å²) in [6.07, 6.45) is 2.01. The van der Waals surface area contributed by atoms with Crippen LogP contribution in [-0.4, -0.2) is 18.0 Å². The van der Waals surface area contributed by atoms with Gasteiger partial charge >= 0.3 is 0 Å². The molecule has 0 aliphatic heterocycles. The van der Waals surface area contributed by atoms with Gasteiger partial charge in [0.15, 0.2) is 0 Å². The second kappa shape index (κ2) is 5.50. The van der Waals surface area contributed by atoms with Crippen LogP contribution < -0.4 is 10.6 Å². The van der Waals surface area contributed by atoms with Crippen molar-refractivity contribution in [3.63, 3.8) is 0 Å². The third-order valence-electron chi connectivity index (χ3n) is 3.30. The van der Waals surface area contributed by atoms with E-state index in [2.05, 4.69) is 16.7 Å². The molecular formula is C14H16ClN3O. The molecular weight excluding hydrogens is 262 g/mol. The van der Waals surface area contributed by atoms with E-state index < -0.39 is 5.54 Å². The zero-order valence-corrected chi connectivity index (χ0v) is 11.5. The fourth-order valence-corrected chi connectivity index (χ4v) is 2.19. The Kier molecular flexibility index (Phi) is 3.96. The third kappa shape index (κ3) is 3.62. The number of carbonyl (C=O) groups is 1. The molecule has 2 rings (SSSR count). The highest BCUT2D eigenvalue weighted by molar-refractivity contribution is 6.30. The van der Waals surface area contributed by atoms with E-state index in [-0.39, 0.29) is 18.4 Å². The summed E-state index contributed by atoms with van der Waals surface area (Å²) in [5.41, 5.74) is 0.0420. The first-order valence-corrected chi connectivity index (χ1v) is 6.63. The van der Waals surface area contributed by atoms with Crippen molar-refractivity contribution in [3.8, 4) is 6.07 Å². The van der Waals surface area contributed by atoms with Gasteiger partial charge in [0, 0.05) is 10.7 Å². The van der Waals surface area contributed by atoms with E-state index in [1.807, 2.05) is 12.1 Å². The van der Waals surface area contributed by atoms with E-state index in [1.165, 1.54) is 0 Å². The number of nitrogens with zero attached hydrogens (tertiary/aromatic N) is 1. The topological polar surface area (TPSA) is 64.9 Å². The van der Waals surface area contributed by atoms with Crippen molar-refractivity contribution < 1.29 is 4.79 Å². The van der Waals surface area contributed by atoms with Crippen molar-refractivity contribution in [3.05, 3.63) is 29.3 Å². The van der Waals surface area contributed by atoms with E-state index in [0.29, 0.717) is 5.02 Å². The molecule has 0 radical (unpaired) electrons. The summed E-state index contributed by atoms with van der Waals surface area (Å²) in [7, 11) is 0. The molecule has 0 saturated heterocycles. The van der Waals surface area contributed by atoms with Gasteiger partial charge in [0.2, 0.25) is 5.91 Å². The van der Waals surface area contributed by atoms with Crippen molar-refractivity contribution in [2.75, 3.05) is 11.9 Å². The number of hydrogen-bond acceptors (Lipinski definition) is 3. The summed E-state index contributed by atoms with van der Waals surface area (Å²) in [4.78, 5) is 11.9. The maximum atomic E-state index is 11.9. The molecule has 0 aromatic heterocycles. The van der Waals surface area contributed by atoms with Gasteiger partial charge in [-0.3, -0.25) is 4.79 Å². The minimum atomic E-state index is -0.743. The molecule has 1 aliphatic carbocycles. The van der Waals surface area contributed by atoms with Gasteiger partial charge in [-0.05, 0) is 43.9 Å². The van der Waals surface area contributed by atoms with Gasteiger partial charge in [-0.1, -0.05) is 17.7 Å². The lowest BCUT2D eigenvalue weighted by atomic mass is 9.98. The molecule has 0 heterocycles. The molecule has 1 saturated carbocycles. The van der Waals surface area contributed by atoms with Crippen LogP contribution in [0.2, 0.25) is 5.02 Å². The van der Waals surface area contributed by atoms with Crippen LogP contribution in [0.25, 0.3) is 0 Å². The summed E-state index contributed by atoms with van der Waals surface area (Å²) < 4.78 is 0. The average molecular weight is 278 g/mol. The van der Waals surface area contributed by atoms with Crippen LogP contribution in [0.4, 0.5) is 5.69 Å². The lowest BCUT2D eigenvalue weighted by Gasteiger charge is -2.23. The number of nitrogens with one attached hydrogen (secondary N) is 2. The van der Waals surface area contributed by atoms with Crippen LogP contribution in [0.15, 0.2) is 24.3 Å². The predicted molar refractivity (Wildman–Crippen MR) is 74.8 cm³/mol. The summed E-state index contributed by atoms with van der Waals surface area (Å²) in [6.45, 7) is 1.91. The first-order valence-electron chi connectivity index (χ1n) is 6.25. The van der Waals surface area contributed by atoms with Gasteiger partial charge in [-0.15, -0.1) is 0 Å². The monoisotopic (exact) mass is 277 g/mol. The predicted octanol–water partition coefficient (Wildman–Crippen LogP) is 2.56. The van der Waals surface area contributed by atoms with Crippen molar-refractivity contribution in [1.82, 2.24) is 5.32 Å². The Balaban J connectivity index is 1.86. The Bertz CT molecular complexity index is 522. The fraction of sp³-hybridized carbons (Fsp3) is 0.429. The standard InChI is InChI=1S/C14H16ClN3O/c1-14(9-16,10-5-6-10)18-13(19)8-17-12-4-2-3-11(15)7-12/h2-4,7,10,17H,5-6,8H2,1H3,(H,18,19). The number of amides is 1. The minimum absolute atomic E-state index is 0.129. The summed E-state index contributed by atoms with van der Waals surface area (Å²) in [5.74, 6) is 0.101. The number of benzene rings is 1. The highest BCUT2D eigenvalue weighted by atomic mass is 35.5. The van der Waals surface area contributed by atoms with Crippen LogP contribution in [0.1, 0.15) is 19.8 Å². The highest BCUT2D eigenvalue weighted by Gasteiger charge is 2.42. The zero-order chi connectivity index (χ0) is 13.9. The number of nitriles is 1. The van der Waals surface area contributed by atoms with E-state index in [9.17, 15) is 4.79 Å². The van der Waals surface area contributed by atoms with Gasteiger partial charge < -0.3 is 10.6 Å². The van der Waals surface area contributed by atoms with Crippen LogP contribution in [-0.2, 0) is 4.79 Å². The minimum Gasteiger partial charge on any atom is -0.376 e. The van der Waals surface area contributed by atoms with E-state index >= 15 is 0 Å². The number of halogens is 1. The highest BCUT2D eigenvalue weighted by Crippen LogP contribution is 2.39. The van der Waals surface area contributed by atoms with E-state index in [1.54, 1.807) is 19.1 Å². The maximum absolute atomic E-state index is 11.9. The molecule has 19 heavy (non-hydrogen) atoms. The number of rotatable bonds is 5. The Labute approximate surface area is 117 Å². The average Bonchev–Trinajstić information content (AvgIpc) is 3.21. The maximum Gasteiger partial charge on any atom is 0.240 e. The lowest BCUT2D eigenvalue weighted by molar-refractivity contribution is -0.120. The van der Waals surface area contributed by atoms with E-state index in [0.717, 1.165) is 18.5 Å². The first-order chi connectivity index (χ1) is 9.03. The van der Waals surface area contributed by atoms with Crippen LogP contribution >= 0.6 is 11.6 Å². The molecule has 1 aromatic rings. The summed E-state index contributed by atoms with van der Waals surface area (Å²) >= 11 is 5.86. The molecule has 1 aromatic carbocycles. The molecule has 1 amide bonds. The molecule has 0 spiro atoms. The second-order valence-corrected chi connectivity index (χ2v) is 5.44. The number of carbonyl (C=O) groups excluding carboxylic acids is 1. The Morgan fingerprint density at radius 2 is 2.32 bits per heavy atom. The van der Waals surface area contributed by atoms with Crippen molar-refractivity contribution in [2.24, 2.45) is 5.92 Å². The van der Waals surface area contributed by atoms with E-state index in [4.69, 9.17) is 16.9 Å². The fourth-order valence-electron chi connectivity index (χ4n) is 2.00. The van der Waals surface area contributed by atoms with Gasteiger partial charge in [0.25, 0.3) is 0 Å². The molecule has 100 valence electrons. The normalized spacial score (nSPS) is 17.1. The third-order valence-corrected chi connectivity index (χ3v) is 3.54. The van der Waals surface area contributed by atoms with Crippen LogP contribution in [0.5, 0.6) is 0 Å². The van der Waals surface area contributed by atoms with Crippen molar-refractivity contribution in [1.29, 1.82) is 5.26 Å². The molecule has 1 aliphatic rings. The Hall–Kier alpha value is -1.73. The SMILES string of the molecule is CC(C#N)(NC(=O)CNc1cccc(Cl)c1)C1CC1. The summed E-state index contributed by atoms with van der Waals surface area (Å²) in [6, 6.07) is 9.37. The summed E-state index contributed by atoms with van der Waals surface area (Å²) in [5, 5.41) is 15.6. The quantitative estimate of drug-likeness (QED) is 0.869. The smallest absolute Gasteiger partial charge is 0.240 e. The van der Waals surface area contributed by atoms with Gasteiger partial charge in [0.05, 0.1) is 12.6 Å². The molecule has 2 N–H and O–H groups in total. The van der Waals surface area contributed by atoms with Crippen LogP contribution in [0, 0.1) is 17.2 Å². The number of hydrogen-bond donors (Lipinski definition) is 2. The molecule has 4 nitrogen and oxygen atoms in total. The molecule has 1 fully saturated rings. The molecule has 1 atom stereocenters. The van der Waals surface area contributed by atoms with Gasteiger partial charge in [-0.2, -0.15) is 5.26 Å². The van der Waals surface area contributed by atoms with Crippen LogP contribution in [0.3, 0.4) is 0 Å². The molecule has 1 unspecified atom stereocenters.